The molecule has 166 valence electrons. The molecule has 7 nitrogen and oxygen atoms in total. The van der Waals surface area contributed by atoms with Gasteiger partial charge in [0.15, 0.2) is 6.61 Å². The second-order valence-corrected chi connectivity index (χ2v) is 8.15. The van der Waals surface area contributed by atoms with Crippen LogP contribution in [-0.2, 0) is 19.1 Å². The first-order valence-corrected chi connectivity index (χ1v) is 10.6. The van der Waals surface area contributed by atoms with Crippen molar-refractivity contribution in [2.75, 3.05) is 39.9 Å². The van der Waals surface area contributed by atoms with Crippen molar-refractivity contribution < 1.29 is 23.9 Å². The van der Waals surface area contributed by atoms with E-state index in [1.807, 2.05) is 19.1 Å². The van der Waals surface area contributed by atoms with Gasteiger partial charge in [-0.15, -0.1) is 0 Å². The van der Waals surface area contributed by atoms with Crippen molar-refractivity contribution in [3.63, 3.8) is 0 Å². The molecule has 0 N–H and O–H groups in total. The van der Waals surface area contributed by atoms with Crippen molar-refractivity contribution >= 4 is 17.8 Å². The molecule has 0 radical (unpaired) electrons. The molecule has 1 aromatic carbocycles. The van der Waals surface area contributed by atoms with E-state index in [9.17, 15) is 14.4 Å². The third-order valence-corrected chi connectivity index (χ3v) is 5.42. The van der Waals surface area contributed by atoms with Crippen LogP contribution in [0, 0.1) is 12.8 Å². The molecular formula is C23H34N2O5. The van der Waals surface area contributed by atoms with Crippen LogP contribution >= 0.6 is 0 Å². The summed E-state index contributed by atoms with van der Waals surface area (Å²) < 4.78 is 10.8. The first-order valence-electron chi connectivity index (χ1n) is 10.6. The number of aryl methyl sites for hydroxylation is 1. The van der Waals surface area contributed by atoms with Crippen molar-refractivity contribution in [1.82, 2.24) is 9.80 Å². The summed E-state index contributed by atoms with van der Waals surface area (Å²) in [5.74, 6) is 0.0685. The molecule has 1 aliphatic rings. The van der Waals surface area contributed by atoms with Gasteiger partial charge in [-0.05, 0) is 49.8 Å². The fourth-order valence-electron chi connectivity index (χ4n) is 3.43. The number of likely N-dealkylation sites (tertiary alicyclic amines) is 1. The van der Waals surface area contributed by atoms with Crippen LogP contribution in [0.3, 0.4) is 0 Å². The number of hydrogen-bond acceptors (Lipinski definition) is 5. The van der Waals surface area contributed by atoms with Crippen LogP contribution in [0.5, 0.6) is 5.75 Å². The maximum Gasteiger partial charge on any atom is 0.310 e. The highest BCUT2D eigenvalue weighted by Crippen LogP contribution is 2.24. The molecule has 1 fully saturated rings. The van der Waals surface area contributed by atoms with E-state index in [0.717, 1.165) is 24.0 Å². The molecule has 1 unspecified atom stereocenters. The van der Waals surface area contributed by atoms with E-state index in [0.29, 0.717) is 31.4 Å². The maximum absolute atomic E-state index is 12.6. The summed E-state index contributed by atoms with van der Waals surface area (Å²) in [7, 11) is 1.59. The van der Waals surface area contributed by atoms with Crippen molar-refractivity contribution in [3.8, 4) is 5.75 Å². The molecule has 1 aliphatic heterocycles. The van der Waals surface area contributed by atoms with Gasteiger partial charge in [-0.1, -0.05) is 26.0 Å². The van der Waals surface area contributed by atoms with Crippen LogP contribution in [0.15, 0.2) is 18.2 Å². The molecule has 1 heterocycles. The zero-order valence-corrected chi connectivity index (χ0v) is 18.8. The van der Waals surface area contributed by atoms with E-state index in [2.05, 4.69) is 19.9 Å². The lowest BCUT2D eigenvalue weighted by molar-refractivity contribution is -0.152. The van der Waals surface area contributed by atoms with Crippen LogP contribution in [0.25, 0.3) is 0 Å². The quantitative estimate of drug-likeness (QED) is 0.607. The highest BCUT2D eigenvalue weighted by Gasteiger charge is 2.30. The summed E-state index contributed by atoms with van der Waals surface area (Å²) in [6, 6.07) is 6.00. The third-order valence-electron chi connectivity index (χ3n) is 5.42. The fraction of sp³-hybridized carbons (Fsp3) is 0.609. The Kier molecular flexibility index (Phi) is 8.69. The van der Waals surface area contributed by atoms with E-state index in [1.54, 1.807) is 18.9 Å². The average Bonchev–Trinajstić information content (AvgIpc) is 2.72. The molecular weight excluding hydrogens is 384 g/mol. The van der Waals surface area contributed by atoms with Crippen LogP contribution in [0.2, 0.25) is 0 Å². The van der Waals surface area contributed by atoms with E-state index in [-0.39, 0.29) is 36.9 Å². The van der Waals surface area contributed by atoms with Gasteiger partial charge in [-0.3, -0.25) is 14.4 Å². The second kappa shape index (κ2) is 11.0. The SMILES string of the molecule is CCOC(=O)C1CCCN(C(=O)CN(C)C(=O)COc2cc(C(C)C)ccc2C)C1. The van der Waals surface area contributed by atoms with Crippen LogP contribution in [0.1, 0.15) is 50.7 Å². The number of carbonyl (C=O) groups is 3. The summed E-state index contributed by atoms with van der Waals surface area (Å²) in [6.07, 6.45) is 1.47. The van der Waals surface area contributed by atoms with Crippen LogP contribution in [-0.4, -0.2) is 67.5 Å². The Morgan fingerprint density at radius 2 is 2.00 bits per heavy atom. The maximum atomic E-state index is 12.6. The topological polar surface area (TPSA) is 76.2 Å². The minimum absolute atomic E-state index is 0.0389. The van der Waals surface area contributed by atoms with Crippen LogP contribution in [0.4, 0.5) is 0 Å². The smallest absolute Gasteiger partial charge is 0.310 e. The van der Waals surface area contributed by atoms with Crippen molar-refractivity contribution in [3.05, 3.63) is 29.3 Å². The number of esters is 1. The van der Waals surface area contributed by atoms with E-state index in [1.165, 1.54) is 4.90 Å². The van der Waals surface area contributed by atoms with Gasteiger partial charge in [0.2, 0.25) is 5.91 Å². The average molecular weight is 419 g/mol. The van der Waals surface area contributed by atoms with Gasteiger partial charge in [0.25, 0.3) is 5.91 Å². The number of carbonyl (C=O) groups excluding carboxylic acids is 3. The van der Waals surface area contributed by atoms with E-state index in [4.69, 9.17) is 9.47 Å². The number of amides is 2. The summed E-state index contributed by atoms with van der Waals surface area (Å²) in [5, 5.41) is 0. The molecule has 1 saturated heterocycles. The minimum atomic E-state index is -0.289. The highest BCUT2D eigenvalue weighted by molar-refractivity contribution is 5.86. The summed E-state index contributed by atoms with van der Waals surface area (Å²) in [5.41, 5.74) is 2.11. The van der Waals surface area contributed by atoms with Gasteiger partial charge >= 0.3 is 5.97 Å². The lowest BCUT2D eigenvalue weighted by atomic mass is 9.98. The predicted octanol–water partition coefficient (Wildman–Crippen LogP) is 2.76. The third kappa shape index (κ3) is 6.47. The fourth-order valence-corrected chi connectivity index (χ4v) is 3.43. The summed E-state index contributed by atoms with van der Waals surface area (Å²) >= 11 is 0. The van der Waals surface area contributed by atoms with Crippen LogP contribution < -0.4 is 4.74 Å². The van der Waals surface area contributed by atoms with Gasteiger partial charge in [0.05, 0.1) is 19.1 Å². The predicted molar refractivity (Wildman–Crippen MR) is 114 cm³/mol. The zero-order valence-electron chi connectivity index (χ0n) is 18.8. The number of ether oxygens (including phenoxy) is 2. The Morgan fingerprint density at radius 1 is 1.27 bits per heavy atom. The van der Waals surface area contributed by atoms with Crippen molar-refractivity contribution in [1.29, 1.82) is 0 Å². The number of likely N-dealkylation sites (N-methyl/N-ethyl adjacent to an activating group) is 1. The first-order chi connectivity index (χ1) is 14.2. The van der Waals surface area contributed by atoms with Crippen molar-refractivity contribution in [2.24, 2.45) is 5.92 Å². The summed E-state index contributed by atoms with van der Waals surface area (Å²) in [6.45, 7) is 9.02. The lowest BCUT2D eigenvalue weighted by Gasteiger charge is -2.32. The number of piperidine rings is 1. The van der Waals surface area contributed by atoms with Gasteiger partial charge in [0, 0.05) is 20.1 Å². The molecule has 0 spiro atoms. The van der Waals surface area contributed by atoms with Gasteiger partial charge in [-0.2, -0.15) is 0 Å². The minimum Gasteiger partial charge on any atom is -0.483 e. The molecule has 0 aliphatic carbocycles. The number of hydrogen-bond donors (Lipinski definition) is 0. The molecule has 2 amide bonds. The Hall–Kier alpha value is -2.57. The Bertz CT molecular complexity index is 762. The monoisotopic (exact) mass is 418 g/mol. The molecule has 30 heavy (non-hydrogen) atoms. The number of nitrogens with zero attached hydrogens (tertiary/aromatic N) is 2. The standard InChI is InChI=1S/C23H34N2O5/c1-6-29-23(28)19-8-7-11-25(13-19)21(26)14-24(5)22(27)15-30-20-12-18(16(2)3)10-9-17(20)4/h9-10,12,16,19H,6-8,11,13-15H2,1-5H3. The molecule has 2 rings (SSSR count). The largest absolute Gasteiger partial charge is 0.483 e. The molecule has 0 bridgehead atoms. The lowest BCUT2D eigenvalue weighted by Crippen LogP contribution is -2.47. The van der Waals surface area contributed by atoms with Gasteiger partial charge in [0.1, 0.15) is 5.75 Å². The molecule has 1 aromatic rings. The van der Waals surface area contributed by atoms with E-state index < -0.39 is 0 Å². The zero-order chi connectivity index (χ0) is 22.3. The van der Waals surface area contributed by atoms with Crippen molar-refractivity contribution in [2.45, 2.75) is 46.5 Å². The van der Waals surface area contributed by atoms with E-state index >= 15 is 0 Å². The Balaban J connectivity index is 1.87. The van der Waals surface area contributed by atoms with Gasteiger partial charge in [-0.25, -0.2) is 0 Å². The molecule has 7 heteroatoms. The highest BCUT2D eigenvalue weighted by atomic mass is 16.5. The second-order valence-electron chi connectivity index (χ2n) is 8.15. The Morgan fingerprint density at radius 3 is 2.67 bits per heavy atom. The number of rotatable bonds is 8. The molecule has 0 aromatic heterocycles. The first kappa shape index (κ1) is 23.7. The number of benzene rings is 1. The summed E-state index contributed by atoms with van der Waals surface area (Å²) in [4.78, 5) is 40.1. The Labute approximate surface area is 179 Å². The van der Waals surface area contributed by atoms with Gasteiger partial charge < -0.3 is 19.3 Å². The molecule has 0 saturated carbocycles. The molecule has 1 atom stereocenters. The normalized spacial score (nSPS) is 16.3.